The summed E-state index contributed by atoms with van der Waals surface area (Å²) in [5.74, 6) is 1.16. The van der Waals surface area contributed by atoms with Gasteiger partial charge >= 0.3 is 0 Å². The highest BCUT2D eigenvalue weighted by molar-refractivity contribution is 5.65. The molecule has 4 nitrogen and oxygen atoms in total. The van der Waals surface area contributed by atoms with Gasteiger partial charge in [0.15, 0.2) is 6.23 Å². The summed E-state index contributed by atoms with van der Waals surface area (Å²) in [6.45, 7) is 2.20. The van der Waals surface area contributed by atoms with Crippen LogP contribution in [0.25, 0.3) is 0 Å². The van der Waals surface area contributed by atoms with Crippen LogP contribution in [0.2, 0.25) is 0 Å². The average Bonchev–Trinajstić information content (AvgIpc) is 3.03. The van der Waals surface area contributed by atoms with Crippen molar-refractivity contribution >= 4 is 5.69 Å². The standard InChI is InChI=1S/C20H27N2O2/c1-3-10-11-8-14-17-20(12-6-4-5-7-13(12)21-17)9-15(16(11)18(20)23)22(14,2)19(10)24/h4-7,10-11,14-19,21,23-24H,3,8-9H2,1-2H3/q+1/t10-,11-,14-,15-,16?,17-,18?,19+,20+,22?/m0/s1. The quantitative estimate of drug-likeness (QED) is 0.688. The number of aliphatic hydroxyl groups excluding tert-OH is 2. The van der Waals surface area contributed by atoms with E-state index in [-0.39, 0.29) is 23.8 Å². The lowest BCUT2D eigenvalue weighted by Gasteiger charge is -2.66. The molecule has 4 heteroatoms. The van der Waals surface area contributed by atoms with Gasteiger partial charge in [-0.25, -0.2) is 0 Å². The monoisotopic (exact) mass is 327 g/mol. The third-order valence-corrected chi connectivity index (χ3v) is 8.97. The minimum atomic E-state index is -0.278. The third kappa shape index (κ3) is 1.15. The summed E-state index contributed by atoms with van der Waals surface area (Å²) in [5, 5.41) is 26.6. The molecule has 5 heterocycles. The van der Waals surface area contributed by atoms with E-state index in [2.05, 4.69) is 43.6 Å². The van der Waals surface area contributed by atoms with Crippen LogP contribution in [-0.4, -0.2) is 52.2 Å². The number of nitrogens with zero attached hydrogens (tertiary/aromatic N) is 1. The fourth-order valence-electron chi connectivity index (χ4n) is 8.11. The summed E-state index contributed by atoms with van der Waals surface area (Å²) in [7, 11) is 2.28. The molecule has 0 aromatic heterocycles. The Morgan fingerprint density at radius 3 is 2.83 bits per heavy atom. The Morgan fingerprint density at radius 1 is 1.25 bits per heavy atom. The van der Waals surface area contributed by atoms with E-state index in [1.54, 1.807) is 0 Å². The maximum atomic E-state index is 11.6. The van der Waals surface area contributed by atoms with Crippen molar-refractivity contribution in [3.8, 4) is 0 Å². The molecule has 5 bridgehead atoms. The van der Waals surface area contributed by atoms with Crippen molar-refractivity contribution in [1.82, 2.24) is 0 Å². The first-order chi connectivity index (χ1) is 11.5. The second-order valence-electron chi connectivity index (χ2n) is 9.18. The van der Waals surface area contributed by atoms with Gasteiger partial charge in [-0.05, 0) is 24.0 Å². The Balaban J connectivity index is 1.61. The van der Waals surface area contributed by atoms with Crippen LogP contribution in [0.3, 0.4) is 0 Å². The van der Waals surface area contributed by atoms with Crippen molar-refractivity contribution in [2.24, 2.45) is 17.8 Å². The molecule has 4 saturated heterocycles. The van der Waals surface area contributed by atoms with Gasteiger partial charge in [-0.15, -0.1) is 0 Å². The van der Waals surface area contributed by atoms with E-state index in [9.17, 15) is 10.2 Å². The largest absolute Gasteiger partial charge is 0.392 e. The molecule has 0 radical (unpaired) electrons. The summed E-state index contributed by atoms with van der Waals surface area (Å²) in [6, 6.07) is 9.66. The maximum Gasteiger partial charge on any atom is 0.193 e. The molecule has 5 aliphatic heterocycles. The Labute approximate surface area is 143 Å². The molecule has 3 N–H and O–H groups in total. The van der Waals surface area contributed by atoms with Gasteiger partial charge in [0.1, 0.15) is 6.04 Å². The van der Waals surface area contributed by atoms with Gasteiger partial charge in [0.25, 0.3) is 0 Å². The molecule has 3 unspecified atom stereocenters. The molecule has 128 valence electrons. The number of fused-ring (bicyclic) bond motifs is 2. The number of rotatable bonds is 1. The Bertz CT molecular complexity index is 738. The van der Waals surface area contributed by atoms with Crippen molar-refractivity contribution in [3.63, 3.8) is 0 Å². The number of likely N-dealkylation sites (N-methyl/N-ethyl adjacent to an activating group) is 1. The molecular formula is C20H27N2O2+. The molecule has 24 heavy (non-hydrogen) atoms. The number of hydrogen-bond acceptors (Lipinski definition) is 3. The highest BCUT2D eigenvalue weighted by Gasteiger charge is 2.81. The smallest absolute Gasteiger partial charge is 0.193 e. The van der Waals surface area contributed by atoms with E-state index in [0.29, 0.717) is 29.8 Å². The van der Waals surface area contributed by atoms with Crippen LogP contribution in [0.4, 0.5) is 5.69 Å². The zero-order valence-electron chi connectivity index (χ0n) is 14.4. The molecule has 1 aromatic carbocycles. The SMILES string of the molecule is CC[C@H]1[C@@H]2C[C@H]3[C@@H]4Nc5ccccc5[C@]45C[C@@H](C2C5O)[N+]3(C)[C@@H]1O. The maximum absolute atomic E-state index is 11.6. The van der Waals surface area contributed by atoms with Crippen molar-refractivity contribution < 1.29 is 14.7 Å². The van der Waals surface area contributed by atoms with Crippen molar-refractivity contribution in [1.29, 1.82) is 0 Å². The lowest BCUT2D eigenvalue weighted by molar-refractivity contribution is -1.02. The van der Waals surface area contributed by atoms with Crippen LogP contribution in [0.1, 0.15) is 31.7 Å². The summed E-state index contributed by atoms with van der Waals surface area (Å²) < 4.78 is 0.768. The van der Waals surface area contributed by atoms with E-state index in [1.165, 1.54) is 11.3 Å². The first-order valence-corrected chi connectivity index (χ1v) is 9.63. The van der Waals surface area contributed by atoms with Crippen LogP contribution in [-0.2, 0) is 5.41 Å². The molecule has 5 fully saturated rings. The Hall–Kier alpha value is -1.10. The lowest BCUT2D eigenvalue weighted by atomic mass is 9.61. The normalized spacial score (nSPS) is 58.5. The third-order valence-electron chi connectivity index (χ3n) is 8.97. The molecule has 0 amide bonds. The van der Waals surface area contributed by atoms with Gasteiger partial charge in [0.2, 0.25) is 0 Å². The zero-order valence-corrected chi connectivity index (χ0v) is 14.4. The van der Waals surface area contributed by atoms with E-state index in [4.69, 9.17) is 0 Å². The molecule has 10 atom stereocenters. The van der Waals surface area contributed by atoms with E-state index >= 15 is 0 Å². The fourth-order valence-corrected chi connectivity index (χ4v) is 8.11. The molecule has 7 rings (SSSR count). The van der Waals surface area contributed by atoms with Gasteiger partial charge in [-0.1, -0.05) is 25.1 Å². The van der Waals surface area contributed by atoms with Gasteiger partial charge < -0.3 is 15.5 Å². The molecular weight excluding hydrogens is 300 g/mol. The van der Waals surface area contributed by atoms with Crippen LogP contribution in [0.15, 0.2) is 24.3 Å². The summed E-state index contributed by atoms with van der Waals surface area (Å²) in [5.41, 5.74) is 2.40. The van der Waals surface area contributed by atoms with Gasteiger partial charge in [-0.3, -0.25) is 4.48 Å². The number of piperidine rings is 4. The Morgan fingerprint density at radius 2 is 2.04 bits per heavy atom. The van der Waals surface area contributed by atoms with E-state index in [1.807, 2.05) is 0 Å². The number of aliphatic hydroxyl groups is 2. The Kier molecular flexibility index (Phi) is 2.35. The highest BCUT2D eigenvalue weighted by Crippen LogP contribution is 2.70. The van der Waals surface area contributed by atoms with Crippen LogP contribution in [0, 0.1) is 17.8 Å². The second-order valence-corrected chi connectivity index (χ2v) is 9.18. The number of quaternary nitrogens is 1. The number of anilines is 1. The topological polar surface area (TPSA) is 52.5 Å². The first kappa shape index (κ1) is 14.1. The molecule has 6 aliphatic rings. The first-order valence-electron chi connectivity index (χ1n) is 9.63. The number of benzene rings is 1. The fraction of sp³-hybridized carbons (Fsp3) is 0.700. The van der Waals surface area contributed by atoms with Crippen molar-refractivity contribution in [2.75, 3.05) is 12.4 Å². The minimum absolute atomic E-state index is 0.133. The van der Waals surface area contributed by atoms with Crippen molar-refractivity contribution in [2.45, 2.75) is 62.1 Å². The van der Waals surface area contributed by atoms with E-state index < -0.39 is 0 Å². The van der Waals surface area contributed by atoms with Crippen LogP contribution in [0.5, 0.6) is 0 Å². The summed E-state index contributed by atoms with van der Waals surface area (Å²) in [4.78, 5) is 0. The lowest BCUT2D eigenvalue weighted by Crippen LogP contribution is -2.80. The molecule has 1 saturated carbocycles. The molecule has 1 aliphatic carbocycles. The summed E-state index contributed by atoms with van der Waals surface area (Å²) in [6.07, 6.45) is 2.64. The van der Waals surface area contributed by atoms with E-state index in [0.717, 1.165) is 23.7 Å². The number of para-hydroxylation sites is 1. The van der Waals surface area contributed by atoms with Gasteiger partial charge in [-0.2, -0.15) is 0 Å². The predicted octanol–water partition coefficient (Wildman–Crippen LogP) is 1.67. The predicted molar refractivity (Wildman–Crippen MR) is 91.3 cm³/mol. The van der Waals surface area contributed by atoms with Crippen LogP contribution < -0.4 is 5.32 Å². The molecule has 1 aromatic rings. The van der Waals surface area contributed by atoms with Gasteiger partial charge in [0.05, 0.1) is 30.7 Å². The van der Waals surface area contributed by atoms with Gasteiger partial charge in [0, 0.05) is 30.4 Å². The van der Waals surface area contributed by atoms with Crippen LogP contribution >= 0.6 is 0 Å². The zero-order chi connectivity index (χ0) is 16.4. The highest BCUT2D eigenvalue weighted by atomic mass is 16.3. The minimum Gasteiger partial charge on any atom is -0.392 e. The summed E-state index contributed by atoms with van der Waals surface area (Å²) >= 11 is 0. The molecule has 1 spiro atoms. The average molecular weight is 327 g/mol. The number of nitrogens with one attached hydrogen (secondary N) is 1. The van der Waals surface area contributed by atoms with Crippen molar-refractivity contribution in [3.05, 3.63) is 29.8 Å². The number of hydrogen-bond donors (Lipinski definition) is 3. The second kappa shape index (κ2) is 4.00.